The minimum Gasteiger partial charge on any atom is -0.330 e. The molecule has 5 heteroatoms. The van der Waals surface area contributed by atoms with Crippen LogP contribution in [0.25, 0.3) is 0 Å². The average molecular weight is 151 g/mol. The summed E-state index contributed by atoms with van der Waals surface area (Å²) < 4.78 is 10.2. The van der Waals surface area contributed by atoms with Gasteiger partial charge in [-0.3, -0.25) is 5.73 Å². The van der Waals surface area contributed by atoms with Crippen molar-refractivity contribution >= 4 is 8.03 Å². The summed E-state index contributed by atoms with van der Waals surface area (Å²) in [5.41, 5.74) is 10.4. The van der Waals surface area contributed by atoms with Crippen molar-refractivity contribution in [2.75, 3.05) is 6.54 Å². The first kappa shape index (κ1) is 8.98. The van der Waals surface area contributed by atoms with Crippen LogP contribution in [-0.2, 0) is 4.57 Å². The highest BCUT2D eigenvalue weighted by molar-refractivity contribution is 7.38. The predicted molar refractivity (Wildman–Crippen MR) is 36.1 cm³/mol. The van der Waals surface area contributed by atoms with Gasteiger partial charge in [0.25, 0.3) is 0 Å². The second kappa shape index (κ2) is 4.82. The maximum atomic E-state index is 10.2. The lowest BCUT2D eigenvalue weighted by molar-refractivity contribution is 0.483. The summed E-state index contributed by atoms with van der Waals surface area (Å²) in [6.45, 7) is 0.525. The van der Waals surface area contributed by atoms with Crippen molar-refractivity contribution in [2.24, 2.45) is 11.5 Å². The van der Waals surface area contributed by atoms with Crippen LogP contribution in [0.3, 0.4) is 0 Å². The van der Waals surface area contributed by atoms with Gasteiger partial charge < -0.3 is 5.73 Å². The normalized spacial score (nSPS) is 15.2. The van der Waals surface area contributed by atoms with Gasteiger partial charge in [0.1, 0.15) is 0 Å². The van der Waals surface area contributed by atoms with Crippen LogP contribution in [0.2, 0.25) is 0 Å². The molecule has 0 aliphatic rings. The first-order chi connectivity index (χ1) is 4.18. The van der Waals surface area contributed by atoms with E-state index in [1.807, 2.05) is 0 Å². The SMILES string of the molecule is NCCCC(N)[P+](=O)O. The molecule has 0 spiro atoms. The van der Waals surface area contributed by atoms with E-state index >= 15 is 0 Å². The van der Waals surface area contributed by atoms with Crippen LogP contribution in [0.15, 0.2) is 0 Å². The molecule has 0 rings (SSSR count). The van der Waals surface area contributed by atoms with Gasteiger partial charge in [-0.15, -0.1) is 0 Å². The van der Waals surface area contributed by atoms with Crippen LogP contribution in [-0.4, -0.2) is 17.2 Å². The summed E-state index contributed by atoms with van der Waals surface area (Å²) in [4.78, 5) is 8.39. The molecule has 0 aromatic rings. The minimum absolute atomic E-state index is 0.525. The zero-order chi connectivity index (χ0) is 7.28. The van der Waals surface area contributed by atoms with Gasteiger partial charge in [-0.2, -0.15) is 4.89 Å². The summed E-state index contributed by atoms with van der Waals surface area (Å²) >= 11 is 0. The van der Waals surface area contributed by atoms with Crippen LogP contribution < -0.4 is 11.5 Å². The molecule has 2 atom stereocenters. The largest absolute Gasteiger partial charge is 0.524 e. The zero-order valence-electron chi connectivity index (χ0n) is 5.16. The summed E-state index contributed by atoms with van der Waals surface area (Å²) in [7, 11) is -2.20. The Morgan fingerprint density at radius 3 is 2.56 bits per heavy atom. The van der Waals surface area contributed by atoms with Gasteiger partial charge in [-0.1, -0.05) is 0 Å². The molecule has 0 saturated heterocycles. The van der Waals surface area contributed by atoms with Gasteiger partial charge in [0.15, 0.2) is 0 Å². The molecule has 0 saturated carbocycles. The van der Waals surface area contributed by atoms with E-state index in [-0.39, 0.29) is 0 Å². The fourth-order valence-electron chi connectivity index (χ4n) is 0.437. The minimum atomic E-state index is -2.20. The van der Waals surface area contributed by atoms with Crippen LogP contribution in [0.5, 0.6) is 0 Å². The molecule has 0 amide bonds. The Labute approximate surface area is 55.1 Å². The van der Waals surface area contributed by atoms with E-state index in [0.29, 0.717) is 19.4 Å². The van der Waals surface area contributed by atoms with Gasteiger partial charge in [-0.05, 0) is 17.5 Å². The summed E-state index contributed by atoms with van der Waals surface area (Å²) in [5.74, 6) is -0.594. The molecular formula is C4H12N2O2P+. The molecule has 5 N–H and O–H groups in total. The zero-order valence-corrected chi connectivity index (χ0v) is 6.05. The van der Waals surface area contributed by atoms with Gasteiger partial charge in [-0.25, -0.2) is 0 Å². The van der Waals surface area contributed by atoms with Gasteiger partial charge >= 0.3 is 8.03 Å². The average Bonchev–Trinajstić information content (AvgIpc) is 1.82. The lowest BCUT2D eigenvalue weighted by atomic mass is 10.3. The molecule has 54 valence electrons. The molecule has 2 unspecified atom stereocenters. The summed E-state index contributed by atoms with van der Waals surface area (Å²) in [6.07, 6.45) is 1.24. The van der Waals surface area contributed by atoms with Crippen molar-refractivity contribution in [3.63, 3.8) is 0 Å². The van der Waals surface area contributed by atoms with Gasteiger partial charge in [0, 0.05) is 6.42 Å². The Morgan fingerprint density at radius 1 is 1.67 bits per heavy atom. The number of nitrogens with two attached hydrogens (primary N) is 2. The number of hydrogen-bond donors (Lipinski definition) is 3. The molecular weight excluding hydrogens is 139 g/mol. The van der Waals surface area contributed by atoms with E-state index in [1.165, 1.54) is 0 Å². The van der Waals surface area contributed by atoms with E-state index in [4.69, 9.17) is 16.4 Å². The van der Waals surface area contributed by atoms with Crippen LogP contribution in [0, 0.1) is 0 Å². The first-order valence-electron chi connectivity index (χ1n) is 2.79. The van der Waals surface area contributed by atoms with Crippen LogP contribution in [0.4, 0.5) is 0 Å². The summed E-state index contributed by atoms with van der Waals surface area (Å²) in [6, 6.07) is 0. The molecule has 0 aromatic heterocycles. The quantitative estimate of drug-likeness (QED) is 0.483. The Hall–Kier alpha value is -0.0200. The van der Waals surface area contributed by atoms with Crippen molar-refractivity contribution in [3.05, 3.63) is 0 Å². The third kappa shape index (κ3) is 4.48. The smallest absolute Gasteiger partial charge is 0.330 e. The molecule has 0 fully saturated rings. The lowest BCUT2D eigenvalue weighted by Gasteiger charge is -1.93. The Kier molecular flexibility index (Phi) is 4.81. The van der Waals surface area contributed by atoms with Crippen LogP contribution in [0.1, 0.15) is 12.8 Å². The molecule has 0 aliphatic heterocycles. The fraction of sp³-hybridized carbons (Fsp3) is 1.00. The van der Waals surface area contributed by atoms with E-state index in [2.05, 4.69) is 0 Å². The standard InChI is InChI=1S/C4H11N2O2P/c5-3-1-2-4(6)9(7)8/h4H,1-3,5-6H2/p+1. The number of rotatable bonds is 4. The highest BCUT2D eigenvalue weighted by Gasteiger charge is 2.22. The van der Waals surface area contributed by atoms with E-state index in [9.17, 15) is 4.57 Å². The molecule has 0 bridgehead atoms. The van der Waals surface area contributed by atoms with E-state index in [1.54, 1.807) is 0 Å². The highest BCUT2D eigenvalue weighted by atomic mass is 31.1. The van der Waals surface area contributed by atoms with Crippen molar-refractivity contribution in [2.45, 2.75) is 18.6 Å². The van der Waals surface area contributed by atoms with E-state index in [0.717, 1.165) is 0 Å². The first-order valence-corrected chi connectivity index (χ1v) is 4.07. The predicted octanol–water partition coefficient (Wildman–Crippen LogP) is -0.255. The lowest BCUT2D eigenvalue weighted by Crippen LogP contribution is -2.16. The molecule has 0 aliphatic carbocycles. The molecule has 9 heavy (non-hydrogen) atoms. The van der Waals surface area contributed by atoms with Crippen molar-refractivity contribution < 1.29 is 9.46 Å². The second-order valence-corrected chi connectivity index (χ2v) is 3.07. The van der Waals surface area contributed by atoms with Crippen molar-refractivity contribution in [3.8, 4) is 0 Å². The molecule has 4 nitrogen and oxygen atoms in total. The fourth-order valence-corrected chi connectivity index (χ4v) is 0.841. The van der Waals surface area contributed by atoms with E-state index < -0.39 is 13.8 Å². The third-order valence-corrected chi connectivity index (χ3v) is 1.81. The van der Waals surface area contributed by atoms with Crippen molar-refractivity contribution in [1.29, 1.82) is 0 Å². The second-order valence-electron chi connectivity index (χ2n) is 1.80. The molecule has 0 heterocycles. The monoisotopic (exact) mass is 151 g/mol. The van der Waals surface area contributed by atoms with Gasteiger partial charge in [0.2, 0.25) is 5.78 Å². The van der Waals surface area contributed by atoms with Crippen LogP contribution >= 0.6 is 8.03 Å². The Morgan fingerprint density at radius 2 is 2.22 bits per heavy atom. The topological polar surface area (TPSA) is 89.3 Å². The number of hydrogen-bond acceptors (Lipinski definition) is 3. The molecule has 0 aromatic carbocycles. The highest BCUT2D eigenvalue weighted by Crippen LogP contribution is 2.20. The van der Waals surface area contributed by atoms with Gasteiger partial charge in [0.05, 0.1) is 0 Å². The maximum Gasteiger partial charge on any atom is 0.524 e. The Bertz CT molecular complexity index is 98.6. The molecule has 0 radical (unpaired) electrons. The maximum absolute atomic E-state index is 10.2. The van der Waals surface area contributed by atoms with Crippen molar-refractivity contribution in [1.82, 2.24) is 0 Å². The summed E-state index contributed by atoms with van der Waals surface area (Å²) in [5, 5.41) is 0. The Balaban J connectivity index is 3.27. The third-order valence-electron chi connectivity index (χ3n) is 0.988.